The molecule has 3 N–H and O–H groups in total. The number of carbonyl (C=O) groups is 1. The topological polar surface area (TPSA) is 91.8 Å². The van der Waals surface area contributed by atoms with Crippen molar-refractivity contribution in [2.75, 3.05) is 23.7 Å². The fourth-order valence-electron chi connectivity index (χ4n) is 3.90. The summed E-state index contributed by atoms with van der Waals surface area (Å²) in [6.07, 6.45) is 7.45. The molecule has 0 saturated carbocycles. The van der Waals surface area contributed by atoms with Gasteiger partial charge in [0.05, 0.1) is 16.9 Å². The van der Waals surface area contributed by atoms with Crippen molar-refractivity contribution in [3.05, 3.63) is 78.5 Å². The molecule has 1 fully saturated rings. The fraction of sp³-hybridized carbons (Fsp3) is 0.200. The smallest absolute Gasteiger partial charge is 0.256 e. The van der Waals surface area contributed by atoms with Gasteiger partial charge in [-0.15, -0.1) is 0 Å². The van der Waals surface area contributed by atoms with Crippen molar-refractivity contribution in [2.45, 2.75) is 18.9 Å². The first-order valence-corrected chi connectivity index (χ1v) is 10.9. The third kappa shape index (κ3) is 4.96. The number of nitrogens with zero attached hydrogens (tertiary/aromatic N) is 3. The molecule has 0 bridgehead atoms. The average Bonchev–Trinajstić information content (AvgIpc) is 2.85. The van der Waals surface area contributed by atoms with Crippen LogP contribution in [0.3, 0.4) is 0 Å². The number of aromatic nitrogens is 3. The Bertz CT molecular complexity index is 1290. The summed E-state index contributed by atoms with van der Waals surface area (Å²) in [5.74, 6) is -0.378. The summed E-state index contributed by atoms with van der Waals surface area (Å²) in [5.41, 5.74) is 3.72. The zero-order valence-electron chi connectivity index (χ0n) is 17.9. The van der Waals surface area contributed by atoms with Crippen molar-refractivity contribution < 1.29 is 9.18 Å². The van der Waals surface area contributed by atoms with Gasteiger partial charge in [-0.25, -0.2) is 14.4 Å². The molecule has 0 atom stereocenters. The second kappa shape index (κ2) is 9.30. The number of carbonyl (C=O) groups excluding carboxylic acids is 1. The number of hydrogen-bond donors (Lipinski definition) is 3. The Hall–Kier alpha value is -3.91. The van der Waals surface area contributed by atoms with Crippen LogP contribution in [0.15, 0.2) is 67.1 Å². The highest BCUT2D eigenvalue weighted by atomic mass is 19.1. The molecule has 8 heteroatoms. The number of halogens is 1. The molecule has 4 aromatic rings. The first kappa shape index (κ1) is 21.0. The van der Waals surface area contributed by atoms with Gasteiger partial charge in [-0.1, -0.05) is 0 Å². The highest BCUT2D eigenvalue weighted by Crippen LogP contribution is 2.24. The van der Waals surface area contributed by atoms with E-state index in [-0.39, 0.29) is 5.91 Å². The standard InChI is InChI=1S/C25H23FN6O/c26-19-4-1-16(2-5-19)25(33)32-24-12-23-17(14-29-24)3-6-22(31-23)18-11-21(15-28-13-18)30-20-7-9-27-10-8-20/h1-6,11-15,20,27,30H,7-10H2,(H,29,32,33). The van der Waals surface area contributed by atoms with Gasteiger partial charge in [0, 0.05) is 47.2 Å². The average molecular weight is 442 g/mol. The van der Waals surface area contributed by atoms with E-state index < -0.39 is 5.82 Å². The molecular formula is C25H23FN6O. The summed E-state index contributed by atoms with van der Waals surface area (Å²) in [7, 11) is 0. The molecule has 1 amide bonds. The quantitative estimate of drug-likeness (QED) is 0.428. The monoisotopic (exact) mass is 442 g/mol. The van der Waals surface area contributed by atoms with Crippen LogP contribution in [-0.4, -0.2) is 40.0 Å². The van der Waals surface area contributed by atoms with Crippen molar-refractivity contribution in [2.24, 2.45) is 0 Å². The molecule has 0 unspecified atom stereocenters. The summed E-state index contributed by atoms with van der Waals surface area (Å²) < 4.78 is 13.1. The Morgan fingerprint density at radius 1 is 1.00 bits per heavy atom. The normalized spacial score (nSPS) is 14.2. The van der Waals surface area contributed by atoms with Crippen LogP contribution in [0.25, 0.3) is 22.2 Å². The van der Waals surface area contributed by atoms with E-state index in [0.717, 1.165) is 48.3 Å². The van der Waals surface area contributed by atoms with Crippen LogP contribution in [0.4, 0.5) is 15.9 Å². The molecule has 166 valence electrons. The minimum absolute atomic E-state index is 0.351. The Labute approximate surface area is 190 Å². The SMILES string of the molecule is O=C(Nc1cc2nc(-c3cncc(NC4CCNCC4)c3)ccc2cn1)c1ccc(F)cc1. The number of amides is 1. The molecule has 0 spiro atoms. The van der Waals surface area contributed by atoms with Crippen molar-refractivity contribution in [1.82, 2.24) is 20.3 Å². The van der Waals surface area contributed by atoms with Crippen LogP contribution in [0.2, 0.25) is 0 Å². The molecule has 0 radical (unpaired) electrons. The molecular weight excluding hydrogens is 419 g/mol. The van der Waals surface area contributed by atoms with Crippen LogP contribution < -0.4 is 16.0 Å². The van der Waals surface area contributed by atoms with Crippen LogP contribution >= 0.6 is 0 Å². The molecule has 3 aromatic heterocycles. The predicted molar refractivity (Wildman–Crippen MR) is 127 cm³/mol. The van der Waals surface area contributed by atoms with Gasteiger partial charge >= 0.3 is 0 Å². The predicted octanol–water partition coefficient (Wildman–Crippen LogP) is 4.25. The van der Waals surface area contributed by atoms with Gasteiger partial charge in [0.25, 0.3) is 5.91 Å². The van der Waals surface area contributed by atoms with E-state index in [1.54, 1.807) is 18.5 Å². The minimum Gasteiger partial charge on any atom is -0.381 e. The van der Waals surface area contributed by atoms with Gasteiger partial charge in [-0.05, 0) is 68.4 Å². The molecule has 5 rings (SSSR count). The largest absolute Gasteiger partial charge is 0.381 e. The van der Waals surface area contributed by atoms with Crippen LogP contribution in [0.1, 0.15) is 23.2 Å². The van der Waals surface area contributed by atoms with Crippen molar-refractivity contribution >= 4 is 28.3 Å². The molecule has 1 saturated heterocycles. The van der Waals surface area contributed by atoms with Gasteiger partial charge in [-0.3, -0.25) is 9.78 Å². The third-order valence-corrected chi connectivity index (χ3v) is 5.67. The highest BCUT2D eigenvalue weighted by molar-refractivity contribution is 6.04. The number of pyridine rings is 3. The lowest BCUT2D eigenvalue weighted by atomic mass is 10.1. The van der Waals surface area contributed by atoms with Gasteiger partial charge in [0.15, 0.2) is 0 Å². The number of fused-ring (bicyclic) bond motifs is 1. The Morgan fingerprint density at radius 2 is 1.82 bits per heavy atom. The molecule has 1 aliphatic heterocycles. The Kier molecular flexibility index (Phi) is 5.91. The maximum Gasteiger partial charge on any atom is 0.256 e. The van der Waals surface area contributed by atoms with E-state index in [1.807, 2.05) is 18.3 Å². The zero-order valence-corrected chi connectivity index (χ0v) is 17.9. The molecule has 4 heterocycles. The molecule has 7 nitrogen and oxygen atoms in total. The van der Waals surface area contributed by atoms with Gasteiger partial charge in [0.2, 0.25) is 0 Å². The number of hydrogen-bond acceptors (Lipinski definition) is 6. The summed E-state index contributed by atoms with van der Waals surface area (Å²) in [5, 5.41) is 10.5. The summed E-state index contributed by atoms with van der Waals surface area (Å²) in [6.45, 7) is 2.04. The van der Waals surface area contributed by atoms with E-state index >= 15 is 0 Å². The molecule has 1 aliphatic rings. The first-order valence-electron chi connectivity index (χ1n) is 10.9. The second-order valence-electron chi connectivity index (χ2n) is 8.05. The van der Waals surface area contributed by atoms with Gasteiger partial charge in [-0.2, -0.15) is 0 Å². The van der Waals surface area contributed by atoms with E-state index in [1.165, 1.54) is 24.3 Å². The van der Waals surface area contributed by atoms with Crippen LogP contribution in [-0.2, 0) is 0 Å². The fourth-order valence-corrected chi connectivity index (χ4v) is 3.90. The molecule has 33 heavy (non-hydrogen) atoms. The van der Waals surface area contributed by atoms with Crippen LogP contribution in [0.5, 0.6) is 0 Å². The lowest BCUT2D eigenvalue weighted by Gasteiger charge is -2.24. The Morgan fingerprint density at radius 3 is 2.64 bits per heavy atom. The number of benzene rings is 1. The number of piperidine rings is 1. The maximum atomic E-state index is 13.1. The lowest BCUT2D eigenvalue weighted by Crippen LogP contribution is -2.35. The van der Waals surface area contributed by atoms with Crippen molar-refractivity contribution in [3.63, 3.8) is 0 Å². The van der Waals surface area contributed by atoms with Crippen LogP contribution in [0, 0.1) is 5.82 Å². The number of rotatable bonds is 5. The van der Waals surface area contributed by atoms with E-state index in [2.05, 4.69) is 32.0 Å². The number of nitrogens with one attached hydrogen (secondary N) is 3. The van der Waals surface area contributed by atoms with E-state index in [4.69, 9.17) is 4.98 Å². The van der Waals surface area contributed by atoms with Gasteiger partial charge < -0.3 is 16.0 Å². The minimum atomic E-state index is -0.392. The zero-order chi connectivity index (χ0) is 22.6. The second-order valence-corrected chi connectivity index (χ2v) is 8.05. The summed E-state index contributed by atoms with van der Waals surface area (Å²) >= 11 is 0. The maximum absolute atomic E-state index is 13.1. The first-order chi connectivity index (χ1) is 16.1. The van der Waals surface area contributed by atoms with Gasteiger partial charge in [0.1, 0.15) is 11.6 Å². The molecule has 1 aromatic carbocycles. The highest BCUT2D eigenvalue weighted by Gasteiger charge is 2.13. The summed E-state index contributed by atoms with van der Waals surface area (Å²) in [4.78, 5) is 25.9. The van der Waals surface area contributed by atoms with E-state index in [9.17, 15) is 9.18 Å². The lowest BCUT2D eigenvalue weighted by molar-refractivity contribution is 0.102. The van der Waals surface area contributed by atoms with Crippen molar-refractivity contribution in [1.29, 1.82) is 0 Å². The molecule has 0 aliphatic carbocycles. The Balaban J connectivity index is 1.37. The third-order valence-electron chi connectivity index (χ3n) is 5.67. The van der Waals surface area contributed by atoms with Crippen molar-refractivity contribution in [3.8, 4) is 11.3 Å². The number of anilines is 2. The summed E-state index contributed by atoms with van der Waals surface area (Å²) in [6, 6.07) is 13.5. The van der Waals surface area contributed by atoms with E-state index in [0.29, 0.717) is 22.9 Å².